The molecule has 0 bridgehead atoms. The van der Waals surface area contributed by atoms with E-state index < -0.39 is 76.1 Å². The number of thiocarbonyl (C=S) groups is 1. The quantitative estimate of drug-likeness (QED) is 0.158. The standard InChI is InChI=1S/C27H36F5N5O3S/c1-14-10-26(28,29)13-37(14)23(39)20(35-15(2)22(38)34-12-24(3,4)40)21(41)17-11-33-19(9-18(17)27(30,31)32)36-25(5,6)16-7-8-16/h9,11,14,16,20,40H,7-8,10,12-13H2,1-6H3,(H,33,36)(H,34,38)/t14-,20?/m0/s1. The van der Waals surface area contributed by atoms with E-state index in [1.165, 1.54) is 27.7 Å². The zero-order valence-corrected chi connectivity index (χ0v) is 24.6. The first-order valence-corrected chi connectivity index (χ1v) is 13.6. The molecule has 2 aliphatic rings. The van der Waals surface area contributed by atoms with Gasteiger partial charge in [-0.05, 0) is 66.4 Å². The van der Waals surface area contributed by atoms with Crippen LogP contribution in [0.5, 0.6) is 0 Å². The summed E-state index contributed by atoms with van der Waals surface area (Å²) in [5.41, 5.74) is -3.92. The number of hydrogen-bond acceptors (Lipinski definition) is 7. The molecule has 1 aromatic rings. The fraction of sp³-hybridized carbons (Fsp3) is 0.667. The van der Waals surface area contributed by atoms with Gasteiger partial charge < -0.3 is 20.6 Å². The zero-order valence-electron chi connectivity index (χ0n) is 23.8. The summed E-state index contributed by atoms with van der Waals surface area (Å²) in [6.07, 6.45) is -2.79. The van der Waals surface area contributed by atoms with Gasteiger partial charge in [-0.15, -0.1) is 0 Å². The first-order valence-electron chi connectivity index (χ1n) is 13.2. The van der Waals surface area contributed by atoms with Crippen molar-refractivity contribution in [2.75, 3.05) is 18.4 Å². The topological polar surface area (TPSA) is 107 Å². The van der Waals surface area contributed by atoms with Crippen molar-refractivity contribution in [1.29, 1.82) is 0 Å². The van der Waals surface area contributed by atoms with Crippen LogP contribution >= 0.6 is 12.2 Å². The summed E-state index contributed by atoms with van der Waals surface area (Å²) in [5.74, 6) is -4.84. The summed E-state index contributed by atoms with van der Waals surface area (Å²) in [6, 6.07) is -2.04. The van der Waals surface area contributed by atoms with Gasteiger partial charge in [-0.1, -0.05) is 12.2 Å². The zero-order chi connectivity index (χ0) is 31.1. The number of nitrogens with zero attached hydrogens (tertiary/aromatic N) is 3. The number of aromatic nitrogens is 1. The fourth-order valence-corrected chi connectivity index (χ4v) is 5.02. The van der Waals surface area contributed by atoms with Crippen molar-refractivity contribution in [3.05, 3.63) is 23.4 Å². The molecule has 8 nitrogen and oxygen atoms in total. The van der Waals surface area contributed by atoms with Crippen molar-refractivity contribution in [1.82, 2.24) is 15.2 Å². The van der Waals surface area contributed by atoms with Crippen LogP contribution in [-0.4, -0.2) is 79.6 Å². The van der Waals surface area contributed by atoms with Crippen LogP contribution in [0.25, 0.3) is 0 Å². The second-order valence-electron chi connectivity index (χ2n) is 12.1. The number of likely N-dealkylation sites (tertiary alicyclic amines) is 1. The van der Waals surface area contributed by atoms with Crippen LogP contribution in [0.4, 0.5) is 27.8 Å². The maximum absolute atomic E-state index is 14.3. The van der Waals surface area contributed by atoms with E-state index in [2.05, 4.69) is 20.6 Å². The highest BCUT2D eigenvalue weighted by Gasteiger charge is 2.48. The van der Waals surface area contributed by atoms with Gasteiger partial charge in [-0.25, -0.2) is 13.8 Å². The molecular weight excluding hydrogens is 569 g/mol. The van der Waals surface area contributed by atoms with Crippen molar-refractivity contribution in [2.24, 2.45) is 10.9 Å². The van der Waals surface area contributed by atoms with Gasteiger partial charge in [0, 0.05) is 36.3 Å². The number of amides is 2. The molecule has 14 heteroatoms. The summed E-state index contributed by atoms with van der Waals surface area (Å²) in [4.78, 5) is 34.5. The van der Waals surface area contributed by atoms with Gasteiger partial charge >= 0.3 is 6.18 Å². The Kier molecular flexibility index (Phi) is 9.19. The van der Waals surface area contributed by atoms with E-state index in [1.54, 1.807) is 0 Å². The average molecular weight is 606 g/mol. The van der Waals surface area contributed by atoms with E-state index in [4.69, 9.17) is 12.2 Å². The molecule has 2 heterocycles. The third-order valence-corrected chi connectivity index (χ3v) is 7.59. The van der Waals surface area contributed by atoms with Crippen molar-refractivity contribution >= 4 is 40.4 Å². The average Bonchev–Trinajstić information content (AvgIpc) is 3.64. The molecule has 1 unspecified atom stereocenters. The van der Waals surface area contributed by atoms with Crippen molar-refractivity contribution in [3.63, 3.8) is 0 Å². The normalized spacial score (nSPS) is 20.5. The molecule has 1 saturated heterocycles. The predicted molar refractivity (Wildman–Crippen MR) is 148 cm³/mol. The summed E-state index contributed by atoms with van der Waals surface area (Å²) in [6.45, 7) is 8.04. The number of carbonyl (C=O) groups is 2. The van der Waals surface area contributed by atoms with E-state index in [0.717, 1.165) is 30.0 Å². The van der Waals surface area contributed by atoms with E-state index in [9.17, 15) is 36.6 Å². The molecule has 0 aromatic carbocycles. The van der Waals surface area contributed by atoms with Crippen LogP contribution < -0.4 is 10.6 Å². The lowest BCUT2D eigenvalue weighted by Gasteiger charge is -2.28. The molecule has 41 heavy (non-hydrogen) atoms. The third-order valence-electron chi connectivity index (χ3n) is 7.15. The molecule has 228 valence electrons. The van der Waals surface area contributed by atoms with Gasteiger partial charge in [0.25, 0.3) is 17.7 Å². The Balaban J connectivity index is 2.03. The highest BCUT2D eigenvalue weighted by molar-refractivity contribution is 7.81. The van der Waals surface area contributed by atoms with Gasteiger partial charge in [0.15, 0.2) is 6.04 Å². The van der Waals surface area contributed by atoms with Crippen molar-refractivity contribution < 1.29 is 36.6 Å². The summed E-state index contributed by atoms with van der Waals surface area (Å²) in [5, 5.41) is 15.3. The number of aliphatic imine (C=N–C) groups is 1. The molecule has 2 fully saturated rings. The number of anilines is 1. The van der Waals surface area contributed by atoms with E-state index in [0.29, 0.717) is 0 Å². The number of carbonyl (C=O) groups excluding carboxylic acids is 2. The molecule has 3 N–H and O–H groups in total. The largest absolute Gasteiger partial charge is 0.417 e. The molecule has 1 saturated carbocycles. The fourth-order valence-electron chi connectivity index (χ4n) is 4.71. The maximum Gasteiger partial charge on any atom is 0.417 e. The second kappa shape index (κ2) is 11.5. The maximum atomic E-state index is 14.3. The minimum absolute atomic E-state index is 0.0397. The Labute approximate surface area is 241 Å². The Morgan fingerprint density at radius 1 is 1.24 bits per heavy atom. The Hall–Kier alpha value is -2.74. The Morgan fingerprint density at radius 2 is 1.85 bits per heavy atom. The third kappa shape index (κ3) is 8.40. The number of halogens is 5. The molecule has 2 atom stereocenters. The van der Waals surface area contributed by atoms with Crippen LogP contribution in [0.3, 0.4) is 0 Å². The van der Waals surface area contributed by atoms with Gasteiger partial charge in [0.2, 0.25) is 0 Å². The molecular formula is C27H36F5N5O3S. The molecule has 1 aliphatic heterocycles. The minimum atomic E-state index is -4.91. The summed E-state index contributed by atoms with van der Waals surface area (Å²) in [7, 11) is 0. The van der Waals surface area contributed by atoms with E-state index >= 15 is 0 Å². The smallest absolute Gasteiger partial charge is 0.389 e. The lowest BCUT2D eigenvalue weighted by atomic mass is 9.97. The lowest BCUT2D eigenvalue weighted by molar-refractivity contribution is -0.138. The first kappa shape index (κ1) is 32.8. The van der Waals surface area contributed by atoms with Crippen molar-refractivity contribution in [2.45, 2.75) is 96.1 Å². The number of aliphatic hydroxyl groups is 1. The number of hydrogen-bond donors (Lipinski definition) is 3. The van der Waals surface area contributed by atoms with Gasteiger partial charge in [0.05, 0.1) is 28.3 Å². The highest BCUT2D eigenvalue weighted by atomic mass is 32.1. The molecule has 3 rings (SSSR count). The van der Waals surface area contributed by atoms with E-state index in [1.807, 2.05) is 13.8 Å². The Morgan fingerprint density at radius 3 is 2.34 bits per heavy atom. The van der Waals surface area contributed by atoms with E-state index in [-0.39, 0.29) is 24.0 Å². The predicted octanol–water partition coefficient (Wildman–Crippen LogP) is 4.39. The molecule has 2 amide bonds. The van der Waals surface area contributed by atoms with Crippen LogP contribution in [-0.2, 0) is 15.8 Å². The van der Waals surface area contributed by atoms with Crippen LogP contribution in [0, 0.1) is 5.92 Å². The minimum Gasteiger partial charge on any atom is -0.389 e. The summed E-state index contributed by atoms with van der Waals surface area (Å²) >= 11 is 5.37. The number of alkyl halides is 5. The van der Waals surface area contributed by atoms with Crippen LogP contribution in [0.15, 0.2) is 17.3 Å². The van der Waals surface area contributed by atoms with Gasteiger partial charge in [-0.2, -0.15) is 13.2 Å². The van der Waals surface area contributed by atoms with Crippen molar-refractivity contribution in [3.8, 4) is 0 Å². The molecule has 0 radical (unpaired) electrons. The number of nitrogens with one attached hydrogen (secondary N) is 2. The van der Waals surface area contributed by atoms with Crippen LogP contribution in [0.2, 0.25) is 0 Å². The molecule has 1 aromatic heterocycles. The SMILES string of the molecule is CC(=NC(C(=O)N1CC(F)(F)C[C@@H]1C)C(=S)c1cnc(NC(C)(C)C2CC2)cc1C(F)(F)F)C(=O)NCC(C)(C)O. The number of rotatable bonds is 10. The highest BCUT2D eigenvalue weighted by Crippen LogP contribution is 2.42. The van der Waals surface area contributed by atoms with Gasteiger partial charge in [-0.3, -0.25) is 14.6 Å². The molecule has 0 spiro atoms. The van der Waals surface area contributed by atoms with Crippen LogP contribution in [0.1, 0.15) is 71.9 Å². The monoisotopic (exact) mass is 605 g/mol. The lowest BCUT2D eigenvalue weighted by Crippen LogP contribution is -2.46. The molecule has 1 aliphatic carbocycles. The van der Waals surface area contributed by atoms with Gasteiger partial charge in [0.1, 0.15) is 5.82 Å². The first-order chi connectivity index (χ1) is 18.6. The summed E-state index contributed by atoms with van der Waals surface area (Å²) < 4.78 is 71.2. The number of pyridine rings is 1. The Bertz CT molecular complexity index is 1220. The second-order valence-corrected chi connectivity index (χ2v) is 12.5.